The van der Waals surface area contributed by atoms with Gasteiger partial charge in [-0.2, -0.15) is 0 Å². The molecule has 4 nitrogen and oxygen atoms in total. The van der Waals surface area contributed by atoms with Gasteiger partial charge in [0.05, 0.1) is 5.92 Å². The molecule has 0 heterocycles. The summed E-state index contributed by atoms with van der Waals surface area (Å²) in [5, 5.41) is 0. The van der Waals surface area contributed by atoms with E-state index in [4.69, 9.17) is 9.47 Å². The van der Waals surface area contributed by atoms with E-state index >= 15 is 0 Å². The van der Waals surface area contributed by atoms with E-state index in [0.717, 1.165) is 13.0 Å². The smallest absolute Gasteiger partial charge is 0.309 e. The van der Waals surface area contributed by atoms with Crippen molar-refractivity contribution in [2.45, 2.75) is 6.42 Å². The van der Waals surface area contributed by atoms with Gasteiger partial charge >= 0.3 is 5.97 Å². The van der Waals surface area contributed by atoms with Crippen molar-refractivity contribution >= 4 is 5.97 Å². The van der Waals surface area contributed by atoms with Gasteiger partial charge in [-0.1, -0.05) is 0 Å². The van der Waals surface area contributed by atoms with Crippen LogP contribution in [0.1, 0.15) is 6.42 Å². The summed E-state index contributed by atoms with van der Waals surface area (Å²) in [6.07, 6.45) is 0.925. The molecule has 0 amide bonds. The van der Waals surface area contributed by atoms with Crippen molar-refractivity contribution in [3.8, 4) is 0 Å². The van der Waals surface area contributed by atoms with Gasteiger partial charge in [-0.3, -0.25) is 4.79 Å². The number of esters is 1. The minimum Gasteiger partial charge on any atom is -0.464 e. The van der Waals surface area contributed by atoms with Crippen LogP contribution < -0.4 is 0 Å². The number of hydrogen-bond donors (Lipinski definition) is 0. The van der Waals surface area contributed by atoms with Gasteiger partial charge in [-0.25, -0.2) is 0 Å². The molecule has 0 spiro atoms. The van der Waals surface area contributed by atoms with E-state index < -0.39 is 0 Å². The van der Waals surface area contributed by atoms with Crippen LogP contribution in [-0.2, 0) is 14.3 Å². The maximum absolute atomic E-state index is 11.4. The van der Waals surface area contributed by atoms with Crippen LogP contribution in [0, 0.1) is 11.8 Å². The van der Waals surface area contributed by atoms with Crippen molar-refractivity contribution < 1.29 is 14.3 Å². The van der Waals surface area contributed by atoms with Crippen molar-refractivity contribution in [2.24, 2.45) is 11.8 Å². The normalized spacial score (nSPS) is 25.1. The maximum atomic E-state index is 11.4. The third-order valence-electron chi connectivity index (χ3n) is 2.39. The highest BCUT2D eigenvalue weighted by atomic mass is 16.5. The molecule has 14 heavy (non-hydrogen) atoms. The van der Waals surface area contributed by atoms with Crippen LogP contribution in [0.4, 0.5) is 0 Å². The molecule has 1 aliphatic carbocycles. The zero-order valence-electron chi connectivity index (χ0n) is 9.16. The average molecular weight is 201 g/mol. The Labute approximate surface area is 85.2 Å². The fourth-order valence-corrected chi connectivity index (χ4v) is 1.37. The van der Waals surface area contributed by atoms with Crippen LogP contribution in [0.5, 0.6) is 0 Å². The van der Waals surface area contributed by atoms with Gasteiger partial charge in [0.25, 0.3) is 0 Å². The lowest BCUT2D eigenvalue weighted by atomic mass is 10.3. The molecule has 82 valence electrons. The Morgan fingerprint density at radius 2 is 2.21 bits per heavy atom. The van der Waals surface area contributed by atoms with Gasteiger partial charge in [0.15, 0.2) is 0 Å². The third kappa shape index (κ3) is 3.64. The zero-order chi connectivity index (χ0) is 10.6. The predicted octanol–water partition coefficient (Wildman–Crippen LogP) is 0.374. The number of rotatable bonds is 6. The second-order valence-electron chi connectivity index (χ2n) is 4.03. The van der Waals surface area contributed by atoms with Crippen molar-refractivity contribution in [3.63, 3.8) is 0 Å². The van der Waals surface area contributed by atoms with E-state index in [0.29, 0.717) is 19.1 Å². The number of ether oxygens (including phenoxy) is 2. The number of likely N-dealkylation sites (N-methyl/N-ethyl adjacent to an activating group) is 1. The Morgan fingerprint density at radius 1 is 1.50 bits per heavy atom. The molecule has 1 fully saturated rings. The lowest BCUT2D eigenvalue weighted by Crippen LogP contribution is -2.21. The summed E-state index contributed by atoms with van der Waals surface area (Å²) < 4.78 is 10.1. The summed E-state index contributed by atoms with van der Waals surface area (Å²) in [5.41, 5.74) is 0. The Hall–Kier alpha value is -0.610. The third-order valence-corrected chi connectivity index (χ3v) is 2.39. The standard InChI is InChI=1S/C10H19NO3/c1-11(2)4-5-14-10(12)9-6-8(9)7-13-3/h8-9H,4-7H2,1-3H3/t8-,9?/m0/s1. The fourth-order valence-electron chi connectivity index (χ4n) is 1.37. The highest BCUT2D eigenvalue weighted by molar-refractivity contribution is 5.75. The lowest BCUT2D eigenvalue weighted by molar-refractivity contribution is -0.146. The topological polar surface area (TPSA) is 38.8 Å². The molecule has 0 aromatic heterocycles. The Kier molecular flexibility index (Phi) is 4.35. The monoisotopic (exact) mass is 201 g/mol. The summed E-state index contributed by atoms with van der Waals surface area (Å²) in [4.78, 5) is 13.4. The Balaban J connectivity index is 2.06. The lowest BCUT2D eigenvalue weighted by Gasteiger charge is -2.09. The molecule has 0 saturated heterocycles. The van der Waals surface area contributed by atoms with E-state index in [1.165, 1.54) is 0 Å². The molecule has 0 radical (unpaired) electrons. The number of methoxy groups -OCH3 is 1. The highest BCUT2D eigenvalue weighted by Crippen LogP contribution is 2.39. The molecule has 1 unspecified atom stereocenters. The number of nitrogens with zero attached hydrogens (tertiary/aromatic N) is 1. The molecule has 0 aliphatic heterocycles. The van der Waals surface area contributed by atoms with Crippen molar-refractivity contribution in [3.05, 3.63) is 0 Å². The molecule has 0 aromatic carbocycles. The summed E-state index contributed by atoms with van der Waals surface area (Å²) in [7, 11) is 5.57. The Morgan fingerprint density at radius 3 is 2.79 bits per heavy atom. The molecule has 1 aliphatic rings. The van der Waals surface area contributed by atoms with E-state index in [1.54, 1.807) is 7.11 Å². The number of hydrogen-bond acceptors (Lipinski definition) is 4. The first kappa shape index (κ1) is 11.5. The first-order valence-corrected chi connectivity index (χ1v) is 4.95. The average Bonchev–Trinajstić information content (AvgIpc) is 2.84. The zero-order valence-corrected chi connectivity index (χ0v) is 9.16. The second kappa shape index (κ2) is 5.32. The fraction of sp³-hybridized carbons (Fsp3) is 0.900. The molecule has 1 rings (SSSR count). The van der Waals surface area contributed by atoms with Crippen molar-refractivity contribution in [1.29, 1.82) is 0 Å². The molecule has 1 saturated carbocycles. The molecular formula is C10H19NO3. The molecule has 0 N–H and O–H groups in total. The number of carbonyl (C=O) groups is 1. The summed E-state index contributed by atoms with van der Waals surface area (Å²) in [6, 6.07) is 0. The van der Waals surface area contributed by atoms with Crippen LogP contribution >= 0.6 is 0 Å². The molecule has 0 bridgehead atoms. The minimum atomic E-state index is -0.0612. The maximum Gasteiger partial charge on any atom is 0.309 e. The SMILES string of the molecule is COC[C@@H]1CC1C(=O)OCCN(C)C. The van der Waals surface area contributed by atoms with Gasteiger partial charge in [0.2, 0.25) is 0 Å². The van der Waals surface area contributed by atoms with Crippen LogP contribution in [0.25, 0.3) is 0 Å². The molecule has 2 atom stereocenters. The first-order valence-electron chi connectivity index (χ1n) is 4.95. The number of carbonyl (C=O) groups excluding carboxylic acids is 1. The van der Waals surface area contributed by atoms with Crippen LogP contribution in [0.15, 0.2) is 0 Å². The molecule has 4 heteroatoms. The van der Waals surface area contributed by atoms with E-state index in [-0.39, 0.29) is 11.9 Å². The van der Waals surface area contributed by atoms with E-state index in [9.17, 15) is 4.79 Å². The van der Waals surface area contributed by atoms with Crippen LogP contribution in [0.3, 0.4) is 0 Å². The largest absolute Gasteiger partial charge is 0.464 e. The van der Waals surface area contributed by atoms with Gasteiger partial charge in [0.1, 0.15) is 6.61 Å². The molecular weight excluding hydrogens is 182 g/mol. The van der Waals surface area contributed by atoms with Crippen molar-refractivity contribution in [1.82, 2.24) is 4.90 Å². The predicted molar refractivity (Wildman–Crippen MR) is 53.0 cm³/mol. The van der Waals surface area contributed by atoms with Crippen LogP contribution in [0.2, 0.25) is 0 Å². The van der Waals surface area contributed by atoms with Gasteiger partial charge in [-0.05, 0) is 26.4 Å². The first-order chi connectivity index (χ1) is 6.65. The highest BCUT2D eigenvalue weighted by Gasteiger charge is 2.43. The van der Waals surface area contributed by atoms with Crippen LogP contribution in [-0.4, -0.2) is 51.8 Å². The van der Waals surface area contributed by atoms with E-state index in [2.05, 4.69) is 0 Å². The van der Waals surface area contributed by atoms with E-state index in [1.807, 2.05) is 19.0 Å². The van der Waals surface area contributed by atoms with Gasteiger partial charge < -0.3 is 14.4 Å². The summed E-state index contributed by atoms with van der Waals surface area (Å²) in [6.45, 7) is 1.95. The minimum absolute atomic E-state index is 0.0612. The summed E-state index contributed by atoms with van der Waals surface area (Å²) in [5.74, 6) is 0.429. The second-order valence-corrected chi connectivity index (χ2v) is 4.03. The Bertz CT molecular complexity index is 194. The summed E-state index contributed by atoms with van der Waals surface area (Å²) >= 11 is 0. The van der Waals surface area contributed by atoms with Crippen molar-refractivity contribution in [2.75, 3.05) is 41.0 Å². The quantitative estimate of drug-likeness (QED) is 0.582. The molecule has 0 aromatic rings. The van der Waals surface area contributed by atoms with Gasteiger partial charge in [0, 0.05) is 20.3 Å². The van der Waals surface area contributed by atoms with Gasteiger partial charge in [-0.15, -0.1) is 0 Å².